The molecule has 0 N–H and O–H groups in total. The minimum absolute atomic E-state index is 0.564. The molecule has 8 nitrogen and oxygen atoms in total. The van der Waals surface area contributed by atoms with Gasteiger partial charge in [0, 0.05) is 50.5 Å². The Labute approximate surface area is 294 Å². The molecule has 0 radical (unpaired) electrons. The molecule has 0 amide bonds. The fourth-order valence-corrected chi connectivity index (χ4v) is 6.67. The molecule has 0 aliphatic carbocycles. The van der Waals surface area contributed by atoms with E-state index in [0.29, 0.717) is 34.9 Å². The van der Waals surface area contributed by atoms with E-state index >= 15 is 0 Å². The Hall–Kier alpha value is -6.93. The number of aryl methyl sites for hydroxylation is 2. The van der Waals surface area contributed by atoms with E-state index in [1.165, 1.54) is 0 Å². The molecule has 0 aliphatic rings. The van der Waals surface area contributed by atoms with Crippen LogP contribution in [0.5, 0.6) is 0 Å². The third kappa shape index (κ3) is 5.58. The van der Waals surface area contributed by atoms with Gasteiger partial charge in [-0.3, -0.25) is 4.98 Å². The van der Waals surface area contributed by atoms with Crippen molar-refractivity contribution in [2.24, 2.45) is 0 Å². The van der Waals surface area contributed by atoms with Crippen molar-refractivity contribution in [3.63, 3.8) is 0 Å². The summed E-state index contributed by atoms with van der Waals surface area (Å²) < 4.78 is 2.29. The van der Waals surface area contributed by atoms with Gasteiger partial charge in [0.05, 0.1) is 16.7 Å². The fourth-order valence-electron chi connectivity index (χ4n) is 6.67. The number of pyridine rings is 1. The Morgan fingerprint density at radius 3 is 1.71 bits per heavy atom. The van der Waals surface area contributed by atoms with Crippen molar-refractivity contribution >= 4 is 21.8 Å². The van der Waals surface area contributed by atoms with Crippen molar-refractivity contribution in [3.05, 3.63) is 157 Å². The third-order valence-corrected chi connectivity index (χ3v) is 8.93. The maximum absolute atomic E-state index is 5.11. The molecule has 0 unspecified atom stereocenters. The summed E-state index contributed by atoms with van der Waals surface area (Å²) >= 11 is 0. The van der Waals surface area contributed by atoms with E-state index in [1.54, 1.807) is 0 Å². The van der Waals surface area contributed by atoms with E-state index in [4.69, 9.17) is 19.9 Å². The van der Waals surface area contributed by atoms with Gasteiger partial charge in [-0.15, -0.1) is 0 Å². The van der Waals surface area contributed by atoms with Gasteiger partial charge in [-0.25, -0.2) is 29.9 Å². The van der Waals surface area contributed by atoms with Crippen molar-refractivity contribution in [3.8, 4) is 62.5 Å². The zero-order valence-electron chi connectivity index (χ0n) is 27.9. The number of benzene rings is 5. The first-order chi connectivity index (χ1) is 25.1. The highest BCUT2D eigenvalue weighted by molar-refractivity contribution is 6.10. The molecule has 4 heterocycles. The highest BCUT2D eigenvalue weighted by Gasteiger charge is 2.20. The lowest BCUT2D eigenvalue weighted by atomic mass is 10.0. The fraction of sp³-hybridized carbons (Fsp3) is 0.0465. The maximum Gasteiger partial charge on any atom is 0.164 e. The van der Waals surface area contributed by atoms with Gasteiger partial charge in [0.25, 0.3) is 0 Å². The maximum atomic E-state index is 5.11. The largest absolute Gasteiger partial charge is 0.309 e. The van der Waals surface area contributed by atoms with E-state index in [0.717, 1.165) is 61.0 Å². The van der Waals surface area contributed by atoms with Crippen LogP contribution in [0.2, 0.25) is 0 Å². The first kappa shape index (κ1) is 30.2. The van der Waals surface area contributed by atoms with E-state index < -0.39 is 0 Å². The molecule has 0 spiro atoms. The molecule has 0 bridgehead atoms. The van der Waals surface area contributed by atoms with Gasteiger partial charge in [0.1, 0.15) is 11.6 Å². The summed E-state index contributed by atoms with van der Waals surface area (Å²) in [4.78, 5) is 33.6. The van der Waals surface area contributed by atoms with Crippen LogP contribution in [0.25, 0.3) is 84.3 Å². The van der Waals surface area contributed by atoms with Crippen LogP contribution in [0.15, 0.2) is 146 Å². The van der Waals surface area contributed by atoms with Gasteiger partial charge in [-0.1, -0.05) is 84.9 Å². The average molecular weight is 659 g/mol. The van der Waals surface area contributed by atoms with Crippen LogP contribution >= 0.6 is 0 Å². The molecule has 0 saturated heterocycles. The number of fused-ring (bicyclic) bond motifs is 3. The molecule has 9 rings (SSSR count). The Balaban J connectivity index is 1.29. The topological polar surface area (TPSA) is 95.2 Å². The molecule has 0 saturated carbocycles. The number of para-hydroxylation sites is 1. The minimum atomic E-state index is 0.564. The summed E-state index contributed by atoms with van der Waals surface area (Å²) in [6.07, 6.45) is 1.81. The lowest BCUT2D eigenvalue weighted by molar-refractivity contribution is 0.929. The van der Waals surface area contributed by atoms with Gasteiger partial charge in [0.2, 0.25) is 0 Å². The number of hydrogen-bond acceptors (Lipinski definition) is 7. The van der Waals surface area contributed by atoms with Crippen LogP contribution < -0.4 is 0 Å². The molecule has 242 valence electrons. The molecule has 8 heteroatoms. The van der Waals surface area contributed by atoms with Crippen molar-refractivity contribution in [1.82, 2.24) is 39.5 Å². The second kappa shape index (κ2) is 12.5. The number of hydrogen-bond donors (Lipinski definition) is 0. The normalized spacial score (nSPS) is 11.3. The SMILES string of the molecule is Cc1nc(C)nc(-c2ccc3c(c2)c2ccccc2n3-c2ccc(-c3ccccn3)c(-c3nc(-c4ccccc4)nc(-c4ccccc4)n3)c2)n1. The van der Waals surface area contributed by atoms with Gasteiger partial charge >= 0.3 is 0 Å². The second-order valence-electron chi connectivity index (χ2n) is 12.3. The molecule has 9 aromatic rings. The number of nitrogens with zero attached hydrogens (tertiary/aromatic N) is 8. The quantitative estimate of drug-likeness (QED) is 0.176. The molecule has 0 atom stereocenters. The summed E-state index contributed by atoms with van der Waals surface area (Å²) in [5.41, 5.74) is 8.48. The zero-order chi connectivity index (χ0) is 34.3. The van der Waals surface area contributed by atoms with Gasteiger partial charge in [0.15, 0.2) is 23.3 Å². The van der Waals surface area contributed by atoms with Crippen molar-refractivity contribution in [1.29, 1.82) is 0 Å². The van der Waals surface area contributed by atoms with Crippen LogP contribution in [0.1, 0.15) is 11.6 Å². The lowest BCUT2D eigenvalue weighted by Crippen LogP contribution is -2.03. The first-order valence-electron chi connectivity index (χ1n) is 16.7. The average Bonchev–Trinajstić information content (AvgIpc) is 3.52. The Kier molecular flexibility index (Phi) is 7.39. The summed E-state index contributed by atoms with van der Waals surface area (Å²) in [6.45, 7) is 3.79. The molecule has 0 aliphatic heterocycles. The van der Waals surface area contributed by atoms with E-state index in [-0.39, 0.29) is 0 Å². The van der Waals surface area contributed by atoms with E-state index in [2.05, 4.69) is 80.2 Å². The van der Waals surface area contributed by atoms with Crippen LogP contribution in [-0.2, 0) is 0 Å². The molecular weight excluding hydrogens is 629 g/mol. The highest BCUT2D eigenvalue weighted by atomic mass is 15.0. The molecule has 0 fully saturated rings. The summed E-state index contributed by atoms with van der Waals surface area (Å²) in [7, 11) is 0. The second-order valence-corrected chi connectivity index (χ2v) is 12.3. The summed E-state index contributed by atoms with van der Waals surface area (Å²) in [6, 6.07) is 47.3. The van der Waals surface area contributed by atoms with E-state index in [1.807, 2.05) is 98.9 Å². The third-order valence-electron chi connectivity index (χ3n) is 8.93. The Morgan fingerprint density at radius 2 is 1.02 bits per heavy atom. The van der Waals surface area contributed by atoms with Crippen LogP contribution in [0.3, 0.4) is 0 Å². The molecular formula is C43H30N8. The predicted octanol–water partition coefficient (Wildman–Crippen LogP) is 9.50. The number of rotatable bonds is 6. The van der Waals surface area contributed by atoms with E-state index in [9.17, 15) is 0 Å². The number of aromatic nitrogens is 8. The zero-order valence-corrected chi connectivity index (χ0v) is 27.9. The predicted molar refractivity (Wildman–Crippen MR) is 202 cm³/mol. The molecule has 4 aromatic heterocycles. The van der Waals surface area contributed by atoms with Crippen LogP contribution in [0, 0.1) is 13.8 Å². The monoisotopic (exact) mass is 658 g/mol. The molecule has 51 heavy (non-hydrogen) atoms. The Morgan fingerprint density at radius 1 is 0.412 bits per heavy atom. The minimum Gasteiger partial charge on any atom is -0.309 e. The molecule has 5 aromatic carbocycles. The standard InChI is InChI=1S/C43H30N8/c1-27-45-28(2)47-42(46-27)31-20-23-39-35(25-31)34-17-9-10-19-38(34)51(39)32-21-22-33(37-18-11-12-24-44-37)36(26-32)43-49-40(29-13-5-3-6-14-29)48-41(50-43)30-15-7-4-8-16-30/h3-26H,1-2H3. The Bertz CT molecular complexity index is 2630. The van der Waals surface area contributed by atoms with Crippen molar-refractivity contribution in [2.45, 2.75) is 13.8 Å². The first-order valence-corrected chi connectivity index (χ1v) is 16.7. The van der Waals surface area contributed by atoms with Crippen LogP contribution in [-0.4, -0.2) is 39.5 Å². The lowest BCUT2D eigenvalue weighted by Gasteiger charge is -2.15. The highest BCUT2D eigenvalue weighted by Crippen LogP contribution is 2.38. The van der Waals surface area contributed by atoms with Crippen molar-refractivity contribution < 1.29 is 0 Å². The van der Waals surface area contributed by atoms with Gasteiger partial charge in [-0.2, -0.15) is 0 Å². The van der Waals surface area contributed by atoms with Gasteiger partial charge < -0.3 is 4.57 Å². The van der Waals surface area contributed by atoms with Crippen LogP contribution in [0.4, 0.5) is 0 Å². The summed E-state index contributed by atoms with van der Waals surface area (Å²) in [5, 5.41) is 2.23. The van der Waals surface area contributed by atoms with Gasteiger partial charge in [-0.05, 0) is 68.4 Å². The van der Waals surface area contributed by atoms with Crippen molar-refractivity contribution in [2.75, 3.05) is 0 Å². The summed E-state index contributed by atoms with van der Waals surface area (Å²) in [5.74, 6) is 3.83. The smallest absolute Gasteiger partial charge is 0.164 e.